The minimum atomic E-state index is -3.53. The number of benzene rings is 2. The molecule has 0 atom stereocenters. The van der Waals surface area contributed by atoms with Crippen molar-refractivity contribution in [1.82, 2.24) is 0 Å². The molecule has 0 aliphatic heterocycles. The number of oxime groups is 1. The van der Waals surface area contributed by atoms with Gasteiger partial charge in [-0.2, -0.15) is 0 Å². The molecule has 0 aliphatic carbocycles. The van der Waals surface area contributed by atoms with Gasteiger partial charge in [-0.05, 0) is 19.1 Å². The average Bonchev–Trinajstić information content (AvgIpc) is 2.46. The highest BCUT2D eigenvalue weighted by Crippen LogP contribution is 2.14. The van der Waals surface area contributed by atoms with Crippen LogP contribution in [-0.4, -0.2) is 25.1 Å². The lowest BCUT2D eigenvalue weighted by atomic mass is 10.1. The number of sulfone groups is 1. The van der Waals surface area contributed by atoms with Gasteiger partial charge in [-0.3, -0.25) is 0 Å². The molecular formula is C15H15NO3S. The quantitative estimate of drug-likeness (QED) is 0.534. The van der Waals surface area contributed by atoms with Crippen molar-refractivity contribution in [2.75, 3.05) is 5.75 Å². The van der Waals surface area contributed by atoms with Crippen molar-refractivity contribution in [3.05, 3.63) is 65.7 Å². The second kappa shape index (κ2) is 5.88. The summed E-state index contributed by atoms with van der Waals surface area (Å²) in [6.07, 6.45) is 0. The zero-order valence-corrected chi connectivity index (χ0v) is 11.8. The third-order valence-corrected chi connectivity index (χ3v) is 4.58. The Balaban J connectivity index is 2.30. The molecule has 0 aromatic heterocycles. The largest absolute Gasteiger partial charge is 0.411 e. The van der Waals surface area contributed by atoms with Gasteiger partial charge in [-0.15, -0.1) is 0 Å². The zero-order valence-electron chi connectivity index (χ0n) is 11.0. The van der Waals surface area contributed by atoms with Crippen LogP contribution in [-0.2, 0) is 9.84 Å². The van der Waals surface area contributed by atoms with E-state index in [1.807, 2.05) is 13.0 Å². The topological polar surface area (TPSA) is 66.7 Å². The Morgan fingerprint density at radius 3 is 2.20 bits per heavy atom. The Bertz CT molecular complexity index is 705. The van der Waals surface area contributed by atoms with E-state index in [4.69, 9.17) is 5.21 Å². The molecule has 20 heavy (non-hydrogen) atoms. The molecule has 0 unspecified atom stereocenters. The van der Waals surface area contributed by atoms with Gasteiger partial charge in [0.25, 0.3) is 0 Å². The Morgan fingerprint density at radius 2 is 1.65 bits per heavy atom. The summed E-state index contributed by atoms with van der Waals surface area (Å²) in [6.45, 7) is 1.89. The second-order valence-corrected chi connectivity index (χ2v) is 6.47. The van der Waals surface area contributed by atoms with Gasteiger partial charge in [0.15, 0.2) is 9.84 Å². The van der Waals surface area contributed by atoms with Crippen molar-refractivity contribution < 1.29 is 13.6 Å². The smallest absolute Gasteiger partial charge is 0.184 e. The molecule has 0 saturated heterocycles. The Hall–Kier alpha value is -2.14. The van der Waals surface area contributed by atoms with Crippen molar-refractivity contribution >= 4 is 15.5 Å². The number of aryl methyl sites for hydroxylation is 1. The summed E-state index contributed by atoms with van der Waals surface area (Å²) in [7, 11) is -3.53. The van der Waals surface area contributed by atoms with Crippen LogP contribution in [0.4, 0.5) is 0 Å². The molecule has 0 fully saturated rings. The van der Waals surface area contributed by atoms with Gasteiger partial charge in [-0.25, -0.2) is 8.42 Å². The van der Waals surface area contributed by atoms with Gasteiger partial charge >= 0.3 is 0 Å². The second-order valence-electron chi connectivity index (χ2n) is 4.48. The highest BCUT2D eigenvalue weighted by molar-refractivity contribution is 7.92. The van der Waals surface area contributed by atoms with E-state index in [0.29, 0.717) is 5.56 Å². The summed E-state index contributed by atoms with van der Waals surface area (Å²) in [5.74, 6) is -0.337. The Morgan fingerprint density at radius 1 is 1.05 bits per heavy atom. The zero-order chi connectivity index (χ0) is 14.6. The average molecular weight is 289 g/mol. The molecular weight excluding hydrogens is 274 g/mol. The van der Waals surface area contributed by atoms with E-state index < -0.39 is 9.84 Å². The van der Waals surface area contributed by atoms with Crippen LogP contribution in [0, 0.1) is 6.92 Å². The molecule has 4 nitrogen and oxygen atoms in total. The molecule has 2 aromatic rings. The van der Waals surface area contributed by atoms with Crippen molar-refractivity contribution in [1.29, 1.82) is 0 Å². The number of hydrogen-bond acceptors (Lipinski definition) is 4. The molecule has 0 radical (unpaired) electrons. The first kappa shape index (κ1) is 14.3. The molecule has 0 aliphatic rings. The molecule has 1 N–H and O–H groups in total. The first-order valence-electron chi connectivity index (χ1n) is 6.09. The maximum Gasteiger partial charge on any atom is 0.184 e. The maximum absolute atomic E-state index is 12.3. The van der Waals surface area contributed by atoms with Gasteiger partial charge in [-0.1, -0.05) is 53.2 Å². The fourth-order valence-corrected chi connectivity index (χ4v) is 3.11. The summed E-state index contributed by atoms with van der Waals surface area (Å²) < 4.78 is 24.6. The minimum absolute atomic E-state index is 0.131. The number of nitrogens with zero attached hydrogens (tertiary/aromatic N) is 1. The molecule has 0 spiro atoms. The summed E-state index contributed by atoms with van der Waals surface area (Å²) in [4.78, 5) is 0.222. The lowest BCUT2D eigenvalue weighted by Gasteiger charge is -2.07. The van der Waals surface area contributed by atoms with Crippen molar-refractivity contribution in [3.63, 3.8) is 0 Å². The predicted octanol–water partition coefficient (Wildman–Crippen LogP) is 2.65. The molecule has 5 heteroatoms. The third kappa shape index (κ3) is 3.24. The molecule has 104 valence electrons. The monoisotopic (exact) mass is 289 g/mol. The standard InChI is InChI=1S/C15H15NO3S/c1-12-7-9-14(10-8-12)20(18,19)11-15(16-17)13-5-3-2-4-6-13/h2-10,17H,11H2,1H3/b16-15+. The molecule has 0 saturated carbocycles. The Labute approximate surface area is 118 Å². The van der Waals surface area contributed by atoms with E-state index in [1.54, 1.807) is 48.5 Å². The van der Waals surface area contributed by atoms with Gasteiger partial charge in [0.1, 0.15) is 11.5 Å². The number of hydrogen-bond donors (Lipinski definition) is 1. The van der Waals surface area contributed by atoms with Gasteiger partial charge in [0, 0.05) is 5.56 Å². The fraction of sp³-hybridized carbons (Fsp3) is 0.133. The van der Waals surface area contributed by atoms with Crippen molar-refractivity contribution in [2.24, 2.45) is 5.16 Å². The number of rotatable bonds is 4. The maximum atomic E-state index is 12.3. The lowest BCUT2D eigenvalue weighted by molar-refractivity contribution is 0.319. The van der Waals surface area contributed by atoms with Crippen molar-refractivity contribution in [2.45, 2.75) is 11.8 Å². The molecule has 0 amide bonds. The van der Waals surface area contributed by atoms with Crippen LogP contribution in [0.5, 0.6) is 0 Å². The summed E-state index contributed by atoms with van der Waals surface area (Å²) in [6, 6.07) is 15.4. The fourth-order valence-electron chi connectivity index (χ4n) is 1.81. The van der Waals surface area contributed by atoms with E-state index in [9.17, 15) is 8.42 Å². The predicted molar refractivity (Wildman–Crippen MR) is 78.0 cm³/mol. The van der Waals surface area contributed by atoms with E-state index >= 15 is 0 Å². The van der Waals surface area contributed by atoms with Crippen LogP contribution in [0.2, 0.25) is 0 Å². The highest BCUT2D eigenvalue weighted by Gasteiger charge is 2.19. The van der Waals surface area contributed by atoms with Crippen molar-refractivity contribution in [3.8, 4) is 0 Å². The molecule has 2 aromatic carbocycles. The van der Waals surface area contributed by atoms with Crippen LogP contribution in [0.3, 0.4) is 0 Å². The minimum Gasteiger partial charge on any atom is -0.411 e. The Kier molecular flexibility index (Phi) is 4.20. The first-order valence-corrected chi connectivity index (χ1v) is 7.74. The SMILES string of the molecule is Cc1ccc(S(=O)(=O)C/C(=N\O)c2ccccc2)cc1. The summed E-state index contributed by atoms with van der Waals surface area (Å²) in [5, 5.41) is 12.2. The lowest BCUT2D eigenvalue weighted by Crippen LogP contribution is -2.17. The van der Waals surface area contributed by atoms with E-state index in [-0.39, 0.29) is 16.4 Å². The summed E-state index contributed by atoms with van der Waals surface area (Å²) >= 11 is 0. The van der Waals surface area contributed by atoms with Gasteiger partial charge < -0.3 is 5.21 Å². The third-order valence-electron chi connectivity index (χ3n) is 2.93. The molecule has 0 bridgehead atoms. The highest BCUT2D eigenvalue weighted by atomic mass is 32.2. The van der Waals surface area contributed by atoms with Gasteiger partial charge in [0.05, 0.1) is 4.90 Å². The first-order chi connectivity index (χ1) is 9.53. The molecule has 2 rings (SSSR count). The van der Waals surface area contributed by atoms with Crippen LogP contribution in [0.1, 0.15) is 11.1 Å². The van der Waals surface area contributed by atoms with Crippen LogP contribution in [0.15, 0.2) is 64.6 Å². The van der Waals surface area contributed by atoms with Crippen LogP contribution in [0.25, 0.3) is 0 Å². The van der Waals surface area contributed by atoms with Crippen LogP contribution >= 0.6 is 0 Å². The summed E-state index contributed by atoms with van der Waals surface area (Å²) in [5.41, 5.74) is 1.71. The normalized spacial score (nSPS) is 12.3. The van der Waals surface area contributed by atoms with E-state index in [2.05, 4.69) is 5.16 Å². The van der Waals surface area contributed by atoms with Gasteiger partial charge in [0.2, 0.25) is 0 Å². The van der Waals surface area contributed by atoms with Crippen LogP contribution < -0.4 is 0 Å². The van der Waals surface area contributed by atoms with E-state index in [0.717, 1.165) is 5.56 Å². The van der Waals surface area contributed by atoms with E-state index in [1.165, 1.54) is 0 Å². The molecule has 0 heterocycles.